The Morgan fingerprint density at radius 2 is 1.75 bits per heavy atom. The molecule has 2 fully saturated rings. The summed E-state index contributed by atoms with van der Waals surface area (Å²) in [7, 11) is -3.23. The first kappa shape index (κ1) is 22.1. The van der Waals surface area contributed by atoms with E-state index in [-0.39, 0.29) is 24.2 Å². The molecule has 32 heavy (non-hydrogen) atoms. The van der Waals surface area contributed by atoms with Crippen LogP contribution in [0.5, 0.6) is 5.75 Å². The van der Waals surface area contributed by atoms with Crippen molar-refractivity contribution in [2.45, 2.75) is 31.7 Å². The van der Waals surface area contributed by atoms with E-state index >= 15 is 0 Å². The van der Waals surface area contributed by atoms with Crippen LogP contribution in [0.1, 0.15) is 35.2 Å². The average molecular weight is 458 g/mol. The summed E-state index contributed by atoms with van der Waals surface area (Å²) >= 11 is 0. The number of anilines is 1. The molecule has 2 N–H and O–H groups in total. The lowest BCUT2D eigenvalue weighted by Gasteiger charge is -2.17. The maximum absolute atomic E-state index is 12.4. The second-order valence-electron chi connectivity index (χ2n) is 8.07. The van der Waals surface area contributed by atoms with Crippen LogP contribution in [0.3, 0.4) is 0 Å². The lowest BCUT2D eigenvalue weighted by Crippen LogP contribution is -2.30. The summed E-state index contributed by atoms with van der Waals surface area (Å²) in [5.41, 5.74) is 2.11. The smallest absolute Gasteiger partial charge is 0.258 e. The van der Waals surface area contributed by atoms with E-state index in [1.807, 2.05) is 24.3 Å². The van der Waals surface area contributed by atoms with Gasteiger partial charge in [0.25, 0.3) is 11.8 Å². The number of benzene rings is 2. The molecular weight excluding hydrogens is 430 g/mol. The van der Waals surface area contributed by atoms with Crippen LogP contribution in [0.25, 0.3) is 0 Å². The third-order valence-corrected chi connectivity index (χ3v) is 7.32. The molecule has 2 aliphatic rings. The van der Waals surface area contributed by atoms with Crippen molar-refractivity contribution in [2.24, 2.45) is 0 Å². The first-order chi connectivity index (χ1) is 15.4. The maximum atomic E-state index is 12.4. The summed E-state index contributed by atoms with van der Waals surface area (Å²) in [5, 5.41) is 5.75. The zero-order valence-electron chi connectivity index (χ0n) is 17.7. The van der Waals surface area contributed by atoms with Crippen LogP contribution < -0.4 is 19.7 Å². The van der Waals surface area contributed by atoms with Crippen LogP contribution in [0, 0.1) is 0 Å². The fourth-order valence-electron chi connectivity index (χ4n) is 3.53. The Kier molecular flexibility index (Phi) is 6.64. The Hall–Kier alpha value is -3.07. The van der Waals surface area contributed by atoms with Crippen molar-refractivity contribution < 1.29 is 22.7 Å². The van der Waals surface area contributed by atoms with Gasteiger partial charge in [0.05, 0.1) is 11.4 Å². The first-order valence-electron chi connectivity index (χ1n) is 10.8. The minimum Gasteiger partial charge on any atom is -0.484 e. The summed E-state index contributed by atoms with van der Waals surface area (Å²) in [6.45, 7) is 0.949. The van der Waals surface area contributed by atoms with Gasteiger partial charge in [-0.15, -0.1) is 0 Å². The largest absolute Gasteiger partial charge is 0.484 e. The molecule has 2 aromatic rings. The molecule has 1 saturated carbocycles. The fraction of sp³-hybridized carbons (Fsp3) is 0.391. The lowest BCUT2D eigenvalue weighted by molar-refractivity contribution is -0.123. The van der Waals surface area contributed by atoms with Crippen LogP contribution in [0.15, 0.2) is 48.5 Å². The Labute approximate surface area is 188 Å². The number of amides is 2. The van der Waals surface area contributed by atoms with Crippen LogP contribution in [0.2, 0.25) is 0 Å². The van der Waals surface area contributed by atoms with Crippen molar-refractivity contribution in [3.63, 3.8) is 0 Å². The van der Waals surface area contributed by atoms with Crippen LogP contribution in [-0.2, 0) is 21.2 Å². The zero-order valence-corrected chi connectivity index (χ0v) is 18.6. The Morgan fingerprint density at radius 1 is 1.03 bits per heavy atom. The molecule has 1 heterocycles. The number of hydrogen-bond donors (Lipinski definition) is 2. The number of carbonyl (C=O) groups is 2. The molecule has 170 valence electrons. The van der Waals surface area contributed by atoms with Gasteiger partial charge >= 0.3 is 0 Å². The van der Waals surface area contributed by atoms with E-state index in [1.54, 1.807) is 24.3 Å². The summed E-state index contributed by atoms with van der Waals surface area (Å²) in [6.07, 6.45) is 3.36. The molecule has 1 aliphatic heterocycles. The highest BCUT2D eigenvalue weighted by Crippen LogP contribution is 2.24. The lowest BCUT2D eigenvalue weighted by atomic mass is 10.1. The standard InChI is InChI=1S/C23H27N3O5S/c27-22(25-19-6-7-19)16-31-21-10-2-17(3-11-21)12-13-24-23(28)18-4-8-20(9-5-18)26-14-1-15-32(26,29)30/h2-5,8-11,19H,1,6-7,12-16H2,(H,24,28)(H,25,27). The van der Waals surface area contributed by atoms with Crippen LogP contribution in [0.4, 0.5) is 5.69 Å². The minimum absolute atomic E-state index is 0.00832. The molecular formula is C23H27N3O5S. The predicted molar refractivity (Wildman–Crippen MR) is 121 cm³/mol. The minimum atomic E-state index is -3.23. The van der Waals surface area contributed by atoms with Crippen LogP contribution in [-0.4, -0.2) is 51.7 Å². The van der Waals surface area contributed by atoms with Gasteiger partial charge in [0, 0.05) is 24.7 Å². The van der Waals surface area contributed by atoms with E-state index in [2.05, 4.69) is 10.6 Å². The number of rotatable bonds is 9. The van der Waals surface area contributed by atoms with E-state index in [0.717, 1.165) is 18.4 Å². The van der Waals surface area contributed by atoms with E-state index < -0.39 is 10.0 Å². The van der Waals surface area contributed by atoms with E-state index in [1.165, 1.54) is 4.31 Å². The molecule has 0 spiro atoms. The highest BCUT2D eigenvalue weighted by atomic mass is 32.2. The SMILES string of the molecule is O=C(COc1ccc(CCNC(=O)c2ccc(N3CCCS3(=O)=O)cc2)cc1)NC1CC1. The van der Waals surface area contributed by atoms with Gasteiger partial charge in [-0.25, -0.2) is 8.42 Å². The van der Waals surface area contributed by atoms with E-state index in [4.69, 9.17) is 4.74 Å². The number of carbonyl (C=O) groups excluding carboxylic acids is 2. The van der Waals surface area contributed by atoms with Gasteiger partial charge in [0.15, 0.2) is 6.61 Å². The van der Waals surface area contributed by atoms with Gasteiger partial charge in [-0.1, -0.05) is 12.1 Å². The molecule has 1 saturated heterocycles. The molecule has 1 aliphatic carbocycles. The summed E-state index contributed by atoms with van der Waals surface area (Å²) < 4.78 is 30.9. The quantitative estimate of drug-likeness (QED) is 0.598. The Balaban J connectivity index is 1.21. The summed E-state index contributed by atoms with van der Waals surface area (Å²) in [5.74, 6) is 0.485. The first-order valence-corrected chi connectivity index (χ1v) is 12.4. The molecule has 4 rings (SSSR count). The summed E-state index contributed by atoms with van der Waals surface area (Å²) in [4.78, 5) is 24.0. The molecule has 8 nitrogen and oxygen atoms in total. The van der Waals surface area contributed by atoms with E-state index in [0.29, 0.717) is 49.0 Å². The van der Waals surface area contributed by atoms with Crippen molar-refractivity contribution in [3.8, 4) is 5.75 Å². The number of sulfonamides is 1. The molecule has 0 atom stereocenters. The highest BCUT2D eigenvalue weighted by Gasteiger charge is 2.28. The van der Waals surface area contributed by atoms with Gasteiger partial charge in [-0.05, 0) is 67.6 Å². The molecule has 9 heteroatoms. The third-order valence-electron chi connectivity index (χ3n) is 5.45. The highest BCUT2D eigenvalue weighted by molar-refractivity contribution is 7.93. The topological polar surface area (TPSA) is 105 Å². The van der Waals surface area contributed by atoms with Crippen LogP contribution >= 0.6 is 0 Å². The van der Waals surface area contributed by atoms with Crippen molar-refractivity contribution in [3.05, 3.63) is 59.7 Å². The fourth-order valence-corrected chi connectivity index (χ4v) is 5.09. The maximum Gasteiger partial charge on any atom is 0.258 e. The number of nitrogens with one attached hydrogen (secondary N) is 2. The second-order valence-corrected chi connectivity index (χ2v) is 10.1. The molecule has 0 radical (unpaired) electrons. The molecule has 0 bridgehead atoms. The van der Waals surface area contributed by atoms with E-state index in [9.17, 15) is 18.0 Å². The Morgan fingerprint density at radius 3 is 2.38 bits per heavy atom. The second kappa shape index (κ2) is 9.60. The van der Waals surface area contributed by atoms with Crippen molar-refractivity contribution in [1.82, 2.24) is 10.6 Å². The molecule has 0 unspecified atom stereocenters. The monoisotopic (exact) mass is 457 g/mol. The van der Waals surface area contributed by atoms with Crippen molar-refractivity contribution in [2.75, 3.05) is 29.8 Å². The van der Waals surface area contributed by atoms with Gasteiger partial charge in [0.1, 0.15) is 5.75 Å². The summed E-state index contributed by atoms with van der Waals surface area (Å²) in [6, 6.07) is 14.4. The van der Waals surface area contributed by atoms with Crippen molar-refractivity contribution >= 4 is 27.5 Å². The number of hydrogen-bond acceptors (Lipinski definition) is 5. The molecule has 2 aromatic carbocycles. The number of nitrogens with zero attached hydrogens (tertiary/aromatic N) is 1. The third kappa shape index (κ3) is 5.79. The van der Waals surface area contributed by atoms with Gasteiger partial charge in [-0.2, -0.15) is 0 Å². The molecule has 2 amide bonds. The predicted octanol–water partition coefficient (Wildman–Crippen LogP) is 1.86. The normalized spacial score (nSPS) is 17.1. The molecule has 0 aromatic heterocycles. The Bertz CT molecular complexity index is 1060. The number of ether oxygens (including phenoxy) is 1. The van der Waals surface area contributed by atoms with Gasteiger partial charge < -0.3 is 15.4 Å². The van der Waals surface area contributed by atoms with Gasteiger partial charge in [-0.3, -0.25) is 13.9 Å². The average Bonchev–Trinajstić information content (AvgIpc) is 3.52. The van der Waals surface area contributed by atoms with Gasteiger partial charge in [0.2, 0.25) is 10.0 Å². The van der Waals surface area contributed by atoms with Crippen molar-refractivity contribution in [1.29, 1.82) is 0 Å². The zero-order chi connectivity index (χ0) is 22.6.